The third-order valence-electron chi connectivity index (χ3n) is 5.78. The molecule has 0 fully saturated rings. The number of rotatable bonds is 8. The SMILES string of the molecule is CC(C)C(=O)Nc1ccc(N(C)C)c(CN(C(=O)c2cccc(F)c2)C(C)c2ccccc2)c1. The summed E-state index contributed by atoms with van der Waals surface area (Å²) in [4.78, 5) is 29.6. The molecule has 1 N–H and O–H groups in total. The maximum Gasteiger partial charge on any atom is 0.254 e. The molecule has 0 heterocycles. The van der Waals surface area contributed by atoms with E-state index in [9.17, 15) is 14.0 Å². The van der Waals surface area contributed by atoms with Gasteiger partial charge in [-0.1, -0.05) is 50.2 Å². The molecule has 5 nitrogen and oxygen atoms in total. The minimum atomic E-state index is -0.453. The van der Waals surface area contributed by atoms with E-state index in [1.54, 1.807) is 17.0 Å². The molecule has 0 aliphatic carbocycles. The van der Waals surface area contributed by atoms with Gasteiger partial charge in [-0.15, -0.1) is 0 Å². The Kier molecular flexibility index (Phi) is 8.05. The first-order valence-corrected chi connectivity index (χ1v) is 11.4. The van der Waals surface area contributed by atoms with Crippen LogP contribution in [0.25, 0.3) is 0 Å². The number of anilines is 2. The van der Waals surface area contributed by atoms with Crippen LogP contribution in [-0.4, -0.2) is 30.8 Å². The van der Waals surface area contributed by atoms with Crippen molar-refractivity contribution in [2.24, 2.45) is 5.92 Å². The summed E-state index contributed by atoms with van der Waals surface area (Å²) < 4.78 is 13.9. The number of hydrogen-bond acceptors (Lipinski definition) is 3. The number of nitrogens with one attached hydrogen (secondary N) is 1. The molecule has 2 amide bonds. The predicted octanol–water partition coefficient (Wildman–Crippen LogP) is 5.89. The molecule has 0 aliphatic heterocycles. The predicted molar refractivity (Wildman–Crippen MR) is 135 cm³/mol. The Labute approximate surface area is 201 Å². The minimum absolute atomic E-state index is 0.0751. The van der Waals surface area contributed by atoms with E-state index in [-0.39, 0.29) is 30.3 Å². The first-order chi connectivity index (χ1) is 16.2. The smallest absolute Gasteiger partial charge is 0.254 e. The van der Waals surface area contributed by atoms with Gasteiger partial charge in [0.05, 0.1) is 6.04 Å². The summed E-state index contributed by atoms with van der Waals surface area (Å²) >= 11 is 0. The van der Waals surface area contributed by atoms with E-state index >= 15 is 0 Å². The normalized spacial score (nSPS) is 11.7. The molecule has 0 radical (unpaired) electrons. The average Bonchev–Trinajstić information content (AvgIpc) is 2.82. The molecule has 0 bridgehead atoms. The zero-order valence-electron chi connectivity index (χ0n) is 20.4. The van der Waals surface area contributed by atoms with Crippen LogP contribution in [-0.2, 0) is 11.3 Å². The highest BCUT2D eigenvalue weighted by atomic mass is 19.1. The van der Waals surface area contributed by atoms with Crippen LogP contribution in [0.2, 0.25) is 0 Å². The van der Waals surface area contributed by atoms with Crippen LogP contribution in [0.3, 0.4) is 0 Å². The lowest BCUT2D eigenvalue weighted by Gasteiger charge is -2.32. The van der Waals surface area contributed by atoms with Gasteiger partial charge >= 0.3 is 0 Å². The number of carbonyl (C=O) groups is 2. The fourth-order valence-corrected chi connectivity index (χ4v) is 3.78. The molecule has 178 valence electrons. The molecule has 34 heavy (non-hydrogen) atoms. The third kappa shape index (κ3) is 6.01. The van der Waals surface area contributed by atoms with Crippen LogP contribution in [0.4, 0.5) is 15.8 Å². The van der Waals surface area contributed by atoms with E-state index in [4.69, 9.17) is 0 Å². The minimum Gasteiger partial charge on any atom is -0.377 e. The Bertz CT molecular complexity index is 1150. The highest BCUT2D eigenvalue weighted by Gasteiger charge is 2.25. The maximum atomic E-state index is 13.9. The molecule has 0 aromatic heterocycles. The van der Waals surface area contributed by atoms with E-state index in [1.807, 2.05) is 88.3 Å². The standard InChI is InChI=1S/C28H32FN3O2/c1-19(2)27(33)30-25-14-15-26(31(4)5)23(17-25)18-32(20(3)21-10-7-6-8-11-21)28(34)22-12-9-13-24(29)16-22/h6-17,19-20H,18H2,1-5H3,(H,30,33). The summed E-state index contributed by atoms with van der Waals surface area (Å²) in [6.45, 7) is 5.92. The molecule has 0 saturated carbocycles. The Hall–Kier alpha value is -3.67. The number of hydrogen-bond donors (Lipinski definition) is 1. The van der Waals surface area contributed by atoms with Gasteiger partial charge in [0.1, 0.15) is 5.82 Å². The highest BCUT2D eigenvalue weighted by Crippen LogP contribution is 2.30. The first-order valence-electron chi connectivity index (χ1n) is 11.4. The lowest BCUT2D eigenvalue weighted by molar-refractivity contribution is -0.118. The molecule has 0 saturated heterocycles. The quantitative estimate of drug-likeness (QED) is 0.455. The van der Waals surface area contributed by atoms with Crippen molar-refractivity contribution < 1.29 is 14.0 Å². The fourth-order valence-electron chi connectivity index (χ4n) is 3.78. The Morgan fingerprint density at radius 2 is 1.62 bits per heavy atom. The fraction of sp³-hybridized carbons (Fsp3) is 0.286. The Balaban J connectivity index is 2.04. The zero-order chi connectivity index (χ0) is 24.8. The summed E-state index contributed by atoms with van der Waals surface area (Å²) in [6, 6.07) is 20.9. The van der Waals surface area contributed by atoms with Gasteiger partial charge in [-0.05, 0) is 54.4 Å². The van der Waals surface area contributed by atoms with Gasteiger partial charge in [-0.2, -0.15) is 0 Å². The van der Waals surface area contributed by atoms with Crippen LogP contribution in [0.1, 0.15) is 48.3 Å². The van der Waals surface area contributed by atoms with Crippen molar-refractivity contribution in [3.05, 3.63) is 95.3 Å². The molecule has 3 rings (SSSR count). The molecule has 0 aliphatic rings. The maximum absolute atomic E-state index is 13.9. The second kappa shape index (κ2) is 11.0. The summed E-state index contributed by atoms with van der Waals surface area (Å²) in [5, 5.41) is 2.94. The van der Waals surface area contributed by atoms with Gasteiger partial charge in [0.15, 0.2) is 0 Å². The first kappa shape index (κ1) is 25.0. The van der Waals surface area contributed by atoms with Crippen molar-refractivity contribution in [3.8, 4) is 0 Å². The van der Waals surface area contributed by atoms with Crippen LogP contribution in [0.5, 0.6) is 0 Å². The summed E-state index contributed by atoms with van der Waals surface area (Å²) in [6.07, 6.45) is 0. The second-order valence-electron chi connectivity index (χ2n) is 8.91. The average molecular weight is 462 g/mol. The number of carbonyl (C=O) groups excluding carboxylic acids is 2. The van der Waals surface area contributed by atoms with E-state index in [1.165, 1.54) is 12.1 Å². The van der Waals surface area contributed by atoms with Crippen molar-refractivity contribution in [2.45, 2.75) is 33.4 Å². The number of amides is 2. The molecular formula is C28H32FN3O2. The third-order valence-corrected chi connectivity index (χ3v) is 5.78. The van der Waals surface area contributed by atoms with E-state index < -0.39 is 5.82 Å². The van der Waals surface area contributed by atoms with Gasteiger partial charge in [-0.3, -0.25) is 9.59 Å². The summed E-state index contributed by atoms with van der Waals surface area (Å²) in [7, 11) is 3.87. The zero-order valence-corrected chi connectivity index (χ0v) is 20.4. The highest BCUT2D eigenvalue weighted by molar-refractivity contribution is 5.95. The van der Waals surface area contributed by atoms with Crippen molar-refractivity contribution in [2.75, 3.05) is 24.3 Å². The van der Waals surface area contributed by atoms with Crippen molar-refractivity contribution >= 4 is 23.2 Å². The lowest BCUT2D eigenvalue weighted by atomic mass is 10.0. The van der Waals surface area contributed by atoms with Crippen molar-refractivity contribution in [1.82, 2.24) is 4.90 Å². The van der Waals surface area contributed by atoms with Crippen LogP contribution < -0.4 is 10.2 Å². The van der Waals surface area contributed by atoms with E-state index in [0.717, 1.165) is 16.8 Å². The monoisotopic (exact) mass is 461 g/mol. The van der Waals surface area contributed by atoms with Gasteiger partial charge in [0.25, 0.3) is 5.91 Å². The second-order valence-corrected chi connectivity index (χ2v) is 8.91. The molecule has 3 aromatic carbocycles. The van der Waals surface area contributed by atoms with Gasteiger partial charge in [0, 0.05) is 43.5 Å². The Morgan fingerprint density at radius 3 is 2.24 bits per heavy atom. The molecule has 1 atom stereocenters. The van der Waals surface area contributed by atoms with E-state index in [0.29, 0.717) is 11.3 Å². The number of benzene rings is 3. The molecule has 1 unspecified atom stereocenters. The number of nitrogens with zero attached hydrogens (tertiary/aromatic N) is 2. The molecular weight excluding hydrogens is 429 g/mol. The van der Waals surface area contributed by atoms with Gasteiger partial charge in [0.2, 0.25) is 5.91 Å². The largest absolute Gasteiger partial charge is 0.377 e. The van der Waals surface area contributed by atoms with Crippen molar-refractivity contribution in [3.63, 3.8) is 0 Å². The van der Waals surface area contributed by atoms with Gasteiger partial charge in [-0.25, -0.2) is 4.39 Å². The van der Waals surface area contributed by atoms with Crippen LogP contribution in [0, 0.1) is 11.7 Å². The van der Waals surface area contributed by atoms with Gasteiger partial charge < -0.3 is 15.1 Å². The topological polar surface area (TPSA) is 52.7 Å². The lowest BCUT2D eigenvalue weighted by Crippen LogP contribution is -2.34. The molecule has 6 heteroatoms. The summed E-state index contributed by atoms with van der Waals surface area (Å²) in [5.74, 6) is -0.947. The van der Waals surface area contributed by atoms with Crippen LogP contribution >= 0.6 is 0 Å². The molecule has 3 aromatic rings. The summed E-state index contributed by atoms with van der Waals surface area (Å²) in [5.41, 5.74) is 3.74. The van der Waals surface area contributed by atoms with E-state index in [2.05, 4.69) is 5.32 Å². The number of halogens is 1. The van der Waals surface area contributed by atoms with Crippen molar-refractivity contribution in [1.29, 1.82) is 0 Å². The molecule has 0 spiro atoms. The van der Waals surface area contributed by atoms with Crippen LogP contribution in [0.15, 0.2) is 72.8 Å². The Morgan fingerprint density at radius 1 is 0.912 bits per heavy atom.